The van der Waals surface area contributed by atoms with Crippen LogP contribution in [0.1, 0.15) is 41.6 Å². The van der Waals surface area contributed by atoms with Gasteiger partial charge in [0.2, 0.25) is 0 Å². The first-order valence-corrected chi connectivity index (χ1v) is 13.5. The summed E-state index contributed by atoms with van der Waals surface area (Å²) in [4.78, 5) is 19.1. The van der Waals surface area contributed by atoms with Crippen molar-refractivity contribution in [3.05, 3.63) is 120 Å². The van der Waals surface area contributed by atoms with Crippen LogP contribution in [0.15, 0.2) is 97.1 Å². The lowest BCUT2D eigenvalue weighted by atomic mass is 9.91. The van der Waals surface area contributed by atoms with Gasteiger partial charge >= 0.3 is 0 Å². The highest BCUT2D eigenvalue weighted by atomic mass is 19.2. The first-order chi connectivity index (χ1) is 19.6. The van der Waals surface area contributed by atoms with E-state index in [1.165, 1.54) is 6.07 Å². The number of fused-ring (bicyclic) bond motifs is 1. The molecule has 6 heteroatoms. The molecule has 1 N–H and O–H groups in total. The van der Waals surface area contributed by atoms with Gasteiger partial charge in [0.1, 0.15) is 5.75 Å². The van der Waals surface area contributed by atoms with E-state index in [1.54, 1.807) is 0 Å². The van der Waals surface area contributed by atoms with Crippen molar-refractivity contribution in [2.45, 2.75) is 38.3 Å². The van der Waals surface area contributed by atoms with E-state index in [4.69, 9.17) is 9.72 Å². The molecule has 40 heavy (non-hydrogen) atoms. The lowest BCUT2D eigenvalue weighted by molar-refractivity contribution is 0.0953. The number of nitrogens with zero attached hydrogens (tertiary/aromatic N) is 1. The van der Waals surface area contributed by atoms with Crippen molar-refractivity contribution in [1.29, 1.82) is 0 Å². The number of carbonyl (C=O) groups excluding carboxylic acids is 1. The predicted molar refractivity (Wildman–Crippen MR) is 153 cm³/mol. The Bertz CT molecular complexity index is 1670. The van der Waals surface area contributed by atoms with E-state index < -0.39 is 11.6 Å². The third kappa shape index (κ3) is 5.30. The van der Waals surface area contributed by atoms with E-state index in [9.17, 15) is 13.6 Å². The molecule has 1 amide bonds. The molecule has 1 aliphatic carbocycles. The minimum atomic E-state index is -0.953. The molecule has 0 unspecified atom stereocenters. The number of benzene rings is 4. The summed E-state index contributed by atoms with van der Waals surface area (Å²) in [5.74, 6) is -1.52. The van der Waals surface area contributed by atoms with Crippen molar-refractivity contribution in [1.82, 2.24) is 10.3 Å². The van der Waals surface area contributed by atoms with Gasteiger partial charge in [0, 0.05) is 23.1 Å². The number of carbonyl (C=O) groups is 1. The lowest BCUT2D eigenvalue weighted by Gasteiger charge is -2.19. The van der Waals surface area contributed by atoms with Gasteiger partial charge in [-0.15, -0.1) is 0 Å². The van der Waals surface area contributed by atoms with Gasteiger partial charge in [-0.3, -0.25) is 4.79 Å². The number of pyridine rings is 1. The average molecular weight is 535 g/mol. The van der Waals surface area contributed by atoms with E-state index in [0.717, 1.165) is 48.9 Å². The summed E-state index contributed by atoms with van der Waals surface area (Å²) in [5, 5.41) is 3.60. The maximum Gasteiger partial charge on any atom is 0.252 e. The van der Waals surface area contributed by atoms with Crippen LogP contribution < -0.4 is 10.1 Å². The monoisotopic (exact) mass is 534 g/mol. The molecule has 4 aromatic carbocycles. The van der Waals surface area contributed by atoms with Crippen LogP contribution >= 0.6 is 0 Å². The second-order valence-corrected chi connectivity index (χ2v) is 10.1. The third-order valence-electron chi connectivity index (χ3n) is 7.34. The summed E-state index contributed by atoms with van der Waals surface area (Å²) >= 11 is 0. The summed E-state index contributed by atoms with van der Waals surface area (Å²) in [6.45, 7) is 0.0347. The molecule has 6 rings (SSSR count). The Labute approximate surface area is 231 Å². The Morgan fingerprint density at radius 1 is 0.825 bits per heavy atom. The highest BCUT2D eigenvalue weighted by Crippen LogP contribution is 2.39. The number of hydrogen-bond donors (Lipinski definition) is 1. The Morgan fingerprint density at radius 3 is 2.23 bits per heavy atom. The van der Waals surface area contributed by atoms with Crippen molar-refractivity contribution in [3.8, 4) is 28.1 Å². The van der Waals surface area contributed by atoms with Gasteiger partial charge in [-0.05, 0) is 67.1 Å². The zero-order valence-corrected chi connectivity index (χ0v) is 21.9. The molecule has 4 nitrogen and oxygen atoms in total. The fourth-order valence-corrected chi connectivity index (χ4v) is 5.36. The standard InChI is InChI=1S/C34H28F2N2O2/c35-28-17-15-22(19-29(28)36)21-37-34(39)32-27-20-26(40-25-13-7-8-14-25)16-18-30(27)38-33(24-11-5-2-6-12-24)31(32)23-9-3-1-4-10-23/h1-6,9-12,15-20,25H,7-8,13-14,21H2,(H,37,39). The van der Waals surface area contributed by atoms with Crippen molar-refractivity contribution in [2.24, 2.45) is 0 Å². The predicted octanol–water partition coefficient (Wildman–Crippen LogP) is 8.10. The number of nitrogens with one attached hydrogen (secondary N) is 1. The zero-order valence-electron chi connectivity index (χ0n) is 21.9. The molecule has 1 fully saturated rings. The molecule has 0 atom stereocenters. The molecule has 1 aliphatic rings. The average Bonchev–Trinajstić information content (AvgIpc) is 3.50. The SMILES string of the molecule is O=C(NCc1ccc(F)c(F)c1)c1c(-c2ccccc2)c(-c2ccccc2)nc2ccc(OC3CCCC3)cc12. The van der Waals surface area contributed by atoms with Crippen LogP contribution in [0.25, 0.3) is 33.3 Å². The fourth-order valence-electron chi connectivity index (χ4n) is 5.36. The van der Waals surface area contributed by atoms with Gasteiger partial charge in [0.05, 0.1) is 22.9 Å². The van der Waals surface area contributed by atoms with Crippen LogP contribution in [0.2, 0.25) is 0 Å². The van der Waals surface area contributed by atoms with E-state index in [2.05, 4.69) is 5.32 Å². The van der Waals surface area contributed by atoms with Gasteiger partial charge in [-0.25, -0.2) is 13.8 Å². The molecule has 0 bridgehead atoms. The maximum atomic E-state index is 14.1. The molecule has 0 aliphatic heterocycles. The second-order valence-electron chi connectivity index (χ2n) is 10.1. The molecule has 5 aromatic rings. The van der Waals surface area contributed by atoms with Gasteiger partial charge < -0.3 is 10.1 Å². The van der Waals surface area contributed by atoms with Crippen LogP contribution in [-0.4, -0.2) is 17.0 Å². The number of halogens is 2. The van der Waals surface area contributed by atoms with Gasteiger partial charge in [0.15, 0.2) is 11.6 Å². The molecular formula is C34H28F2N2O2. The third-order valence-corrected chi connectivity index (χ3v) is 7.34. The van der Waals surface area contributed by atoms with E-state index in [0.29, 0.717) is 39.0 Å². The topological polar surface area (TPSA) is 51.2 Å². The van der Waals surface area contributed by atoms with Crippen LogP contribution in [0.3, 0.4) is 0 Å². The normalized spacial score (nSPS) is 13.4. The summed E-state index contributed by atoms with van der Waals surface area (Å²) in [7, 11) is 0. The van der Waals surface area contributed by atoms with Gasteiger partial charge in [-0.1, -0.05) is 66.7 Å². The molecule has 200 valence electrons. The number of ether oxygens (including phenoxy) is 1. The van der Waals surface area contributed by atoms with Gasteiger partial charge in [0.25, 0.3) is 5.91 Å². The highest BCUT2D eigenvalue weighted by Gasteiger charge is 2.24. The molecule has 0 radical (unpaired) electrons. The van der Waals surface area contributed by atoms with Crippen LogP contribution in [0, 0.1) is 11.6 Å². The molecule has 1 saturated carbocycles. The van der Waals surface area contributed by atoms with Crippen LogP contribution in [0.4, 0.5) is 8.78 Å². The summed E-state index contributed by atoms with van der Waals surface area (Å²) < 4.78 is 33.6. The number of amides is 1. The minimum Gasteiger partial charge on any atom is -0.490 e. The molecule has 0 saturated heterocycles. The Morgan fingerprint density at radius 2 is 1.52 bits per heavy atom. The van der Waals surface area contributed by atoms with E-state index in [-0.39, 0.29) is 18.6 Å². The van der Waals surface area contributed by atoms with E-state index >= 15 is 0 Å². The Hall–Kier alpha value is -4.58. The molecular weight excluding hydrogens is 506 g/mol. The number of aromatic nitrogens is 1. The van der Waals surface area contributed by atoms with E-state index in [1.807, 2.05) is 78.9 Å². The first-order valence-electron chi connectivity index (χ1n) is 13.5. The summed E-state index contributed by atoms with van der Waals surface area (Å²) in [6, 6.07) is 28.8. The van der Waals surface area contributed by atoms with Crippen LogP contribution in [-0.2, 0) is 6.54 Å². The minimum absolute atomic E-state index is 0.0347. The van der Waals surface area contributed by atoms with Crippen LogP contribution in [0.5, 0.6) is 5.75 Å². The Kier molecular flexibility index (Phi) is 7.23. The number of rotatable bonds is 7. The van der Waals surface area contributed by atoms with Crippen molar-refractivity contribution < 1.29 is 18.3 Å². The highest BCUT2D eigenvalue weighted by molar-refractivity contribution is 6.14. The van der Waals surface area contributed by atoms with Crippen molar-refractivity contribution in [3.63, 3.8) is 0 Å². The number of hydrogen-bond acceptors (Lipinski definition) is 3. The Balaban J connectivity index is 1.52. The van der Waals surface area contributed by atoms with Gasteiger partial charge in [-0.2, -0.15) is 0 Å². The molecule has 1 aromatic heterocycles. The zero-order chi connectivity index (χ0) is 27.5. The largest absolute Gasteiger partial charge is 0.490 e. The molecule has 0 spiro atoms. The summed E-state index contributed by atoms with van der Waals surface area (Å²) in [5.41, 5.74) is 4.67. The quantitative estimate of drug-likeness (QED) is 0.230. The van der Waals surface area contributed by atoms with Crippen molar-refractivity contribution in [2.75, 3.05) is 0 Å². The maximum absolute atomic E-state index is 14.1. The molecule has 1 heterocycles. The first kappa shape index (κ1) is 25.7. The van der Waals surface area contributed by atoms with Crippen molar-refractivity contribution >= 4 is 16.8 Å². The lowest BCUT2D eigenvalue weighted by Crippen LogP contribution is -2.24. The smallest absolute Gasteiger partial charge is 0.252 e. The summed E-state index contributed by atoms with van der Waals surface area (Å²) in [6.07, 6.45) is 4.49. The second kappa shape index (κ2) is 11.3. The fraction of sp³-hybridized carbons (Fsp3) is 0.176.